The van der Waals surface area contributed by atoms with Crippen molar-refractivity contribution < 1.29 is 4.79 Å². The highest BCUT2D eigenvalue weighted by Crippen LogP contribution is 2.22. The molecule has 0 aromatic heterocycles. The average molecular weight is 316 g/mol. The van der Waals surface area contributed by atoms with Crippen LogP contribution in [0.3, 0.4) is 0 Å². The molecule has 0 heterocycles. The summed E-state index contributed by atoms with van der Waals surface area (Å²) in [7, 11) is 0. The van der Waals surface area contributed by atoms with Crippen molar-refractivity contribution in [3.05, 3.63) is 70.2 Å². The number of benzene rings is 2. The molecule has 0 atom stereocenters. The fraction of sp³-hybridized carbons (Fsp3) is 0.316. The Bertz CT molecular complexity index is 641. The van der Waals surface area contributed by atoms with Crippen molar-refractivity contribution in [1.29, 1.82) is 0 Å². The first-order chi connectivity index (χ1) is 10.4. The number of carbonyl (C=O) groups is 1. The maximum atomic E-state index is 12.0. The van der Waals surface area contributed by atoms with Gasteiger partial charge in [-0.25, -0.2) is 0 Å². The molecule has 0 saturated heterocycles. The maximum absolute atomic E-state index is 12.0. The predicted molar refractivity (Wildman–Crippen MR) is 92.1 cm³/mol. The van der Waals surface area contributed by atoms with Gasteiger partial charge in [-0.15, -0.1) is 0 Å². The molecule has 2 rings (SSSR count). The standard InChI is InChI=1S/C19H22ClNO/c1-19(2,3)16-10-8-14(9-11-16)13-21-18(22)12-15-6-4-5-7-17(15)20/h4-11H,12-13H2,1-3H3,(H,21,22). The highest BCUT2D eigenvalue weighted by Gasteiger charge is 2.13. The largest absolute Gasteiger partial charge is 0.352 e. The average Bonchev–Trinajstić information content (AvgIpc) is 2.47. The summed E-state index contributed by atoms with van der Waals surface area (Å²) in [5.74, 6) is -0.0204. The fourth-order valence-electron chi connectivity index (χ4n) is 2.20. The van der Waals surface area contributed by atoms with Gasteiger partial charge in [0, 0.05) is 11.6 Å². The Morgan fingerprint density at radius 2 is 1.68 bits per heavy atom. The van der Waals surface area contributed by atoms with E-state index in [2.05, 4.69) is 50.4 Å². The minimum Gasteiger partial charge on any atom is -0.352 e. The highest BCUT2D eigenvalue weighted by atomic mass is 35.5. The van der Waals surface area contributed by atoms with Gasteiger partial charge in [0.15, 0.2) is 0 Å². The number of hydrogen-bond donors (Lipinski definition) is 1. The molecule has 0 bridgehead atoms. The first-order valence-corrected chi connectivity index (χ1v) is 7.83. The molecule has 2 aromatic carbocycles. The maximum Gasteiger partial charge on any atom is 0.224 e. The predicted octanol–water partition coefficient (Wildman–Crippen LogP) is 4.50. The molecule has 116 valence electrons. The lowest BCUT2D eigenvalue weighted by Gasteiger charge is -2.19. The zero-order chi connectivity index (χ0) is 16.2. The van der Waals surface area contributed by atoms with Gasteiger partial charge < -0.3 is 5.32 Å². The lowest BCUT2D eigenvalue weighted by atomic mass is 9.87. The zero-order valence-electron chi connectivity index (χ0n) is 13.3. The van der Waals surface area contributed by atoms with E-state index < -0.39 is 0 Å². The van der Waals surface area contributed by atoms with Crippen molar-refractivity contribution in [3.63, 3.8) is 0 Å². The summed E-state index contributed by atoms with van der Waals surface area (Å²) in [6.07, 6.45) is 0.305. The summed E-state index contributed by atoms with van der Waals surface area (Å²) >= 11 is 6.07. The molecule has 3 heteroatoms. The third-order valence-electron chi connectivity index (χ3n) is 3.62. The van der Waals surface area contributed by atoms with Crippen molar-refractivity contribution in [1.82, 2.24) is 5.32 Å². The molecule has 0 aliphatic heterocycles. The summed E-state index contributed by atoms with van der Waals surface area (Å²) in [6, 6.07) is 15.8. The van der Waals surface area contributed by atoms with E-state index in [0.29, 0.717) is 18.0 Å². The van der Waals surface area contributed by atoms with Crippen LogP contribution >= 0.6 is 11.6 Å². The van der Waals surface area contributed by atoms with Crippen molar-refractivity contribution in [2.24, 2.45) is 0 Å². The highest BCUT2D eigenvalue weighted by molar-refractivity contribution is 6.31. The van der Waals surface area contributed by atoms with Gasteiger partial charge in [0.2, 0.25) is 5.91 Å². The molecular formula is C19H22ClNO. The van der Waals surface area contributed by atoms with E-state index in [9.17, 15) is 4.79 Å². The van der Waals surface area contributed by atoms with Gasteiger partial charge in [-0.1, -0.05) is 74.8 Å². The van der Waals surface area contributed by atoms with Crippen LogP contribution in [0, 0.1) is 0 Å². The summed E-state index contributed by atoms with van der Waals surface area (Å²) in [4.78, 5) is 12.0. The van der Waals surface area contributed by atoms with E-state index in [1.807, 2.05) is 18.2 Å². The van der Waals surface area contributed by atoms with E-state index in [4.69, 9.17) is 11.6 Å². The SMILES string of the molecule is CC(C)(C)c1ccc(CNC(=O)Cc2ccccc2Cl)cc1. The third-order valence-corrected chi connectivity index (χ3v) is 3.99. The molecular weight excluding hydrogens is 294 g/mol. The summed E-state index contributed by atoms with van der Waals surface area (Å²) in [5.41, 5.74) is 3.38. The molecule has 0 aliphatic rings. The summed E-state index contributed by atoms with van der Waals surface area (Å²) in [5, 5.41) is 3.57. The van der Waals surface area contributed by atoms with Crippen LogP contribution < -0.4 is 5.32 Å². The number of rotatable bonds is 4. The van der Waals surface area contributed by atoms with Gasteiger partial charge in [-0.3, -0.25) is 4.79 Å². The number of halogens is 1. The second-order valence-electron chi connectivity index (χ2n) is 6.49. The Morgan fingerprint density at radius 3 is 2.27 bits per heavy atom. The fourth-order valence-corrected chi connectivity index (χ4v) is 2.40. The van der Waals surface area contributed by atoms with Crippen LogP contribution in [-0.4, -0.2) is 5.91 Å². The van der Waals surface area contributed by atoms with Crippen LogP contribution in [0.15, 0.2) is 48.5 Å². The van der Waals surface area contributed by atoms with E-state index in [0.717, 1.165) is 11.1 Å². The molecule has 2 nitrogen and oxygen atoms in total. The van der Waals surface area contributed by atoms with Crippen LogP contribution in [0.1, 0.15) is 37.5 Å². The van der Waals surface area contributed by atoms with Gasteiger partial charge >= 0.3 is 0 Å². The topological polar surface area (TPSA) is 29.1 Å². The Hall–Kier alpha value is -1.80. The molecule has 0 unspecified atom stereocenters. The molecule has 0 spiro atoms. The molecule has 0 aliphatic carbocycles. The van der Waals surface area contributed by atoms with Gasteiger partial charge in [-0.2, -0.15) is 0 Å². The molecule has 0 radical (unpaired) electrons. The van der Waals surface area contributed by atoms with Crippen LogP contribution in [-0.2, 0) is 23.2 Å². The quantitative estimate of drug-likeness (QED) is 0.884. The van der Waals surface area contributed by atoms with Crippen LogP contribution in [0.5, 0.6) is 0 Å². The van der Waals surface area contributed by atoms with Crippen molar-refractivity contribution in [2.75, 3.05) is 0 Å². The Labute approximate surface area is 137 Å². The van der Waals surface area contributed by atoms with Crippen LogP contribution in [0.25, 0.3) is 0 Å². The van der Waals surface area contributed by atoms with Crippen molar-refractivity contribution in [2.45, 2.75) is 39.2 Å². The second kappa shape index (κ2) is 6.97. The van der Waals surface area contributed by atoms with E-state index in [1.54, 1.807) is 6.07 Å². The molecule has 22 heavy (non-hydrogen) atoms. The third kappa shape index (κ3) is 4.60. The summed E-state index contributed by atoms with van der Waals surface area (Å²) < 4.78 is 0. The van der Waals surface area contributed by atoms with E-state index in [1.165, 1.54) is 5.56 Å². The van der Waals surface area contributed by atoms with Gasteiger partial charge in [0.1, 0.15) is 0 Å². The number of carbonyl (C=O) groups excluding carboxylic acids is 1. The molecule has 0 saturated carbocycles. The van der Waals surface area contributed by atoms with E-state index in [-0.39, 0.29) is 11.3 Å². The van der Waals surface area contributed by atoms with Crippen LogP contribution in [0.2, 0.25) is 5.02 Å². The number of hydrogen-bond acceptors (Lipinski definition) is 1. The number of amides is 1. The monoisotopic (exact) mass is 315 g/mol. The molecule has 2 aromatic rings. The minimum absolute atomic E-state index is 0.0204. The second-order valence-corrected chi connectivity index (χ2v) is 6.90. The van der Waals surface area contributed by atoms with Crippen molar-refractivity contribution >= 4 is 17.5 Å². The zero-order valence-corrected chi connectivity index (χ0v) is 14.1. The van der Waals surface area contributed by atoms with E-state index >= 15 is 0 Å². The van der Waals surface area contributed by atoms with Gasteiger partial charge in [-0.05, 0) is 28.2 Å². The Balaban J connectivity index is 1.90. The van der Waals surface area contributed by atoms with Gasteiger partial charge in [0.25, 0.3) is 0 Å². The first kappa shape index (κ1) is 16.6. The van der Waals surface area contributed by atoms with Gasteiger partial charge in [0.05, 0.1) is 6.42 Å². The molecule has 0 fully saturated rings. The normalized spacial score (nSPS) is 11.3. The Morgan fingerprint density at radius 1 is 1.05 bits per heavy atom. The number of nitrogens with one attached hydrogen (secondary N) is 1. The van der Waals surface area contributed by atoms with Crippen LogP contribution in [0.4, 0.5) is 0 Å². The molecule has 1 N–H and O–H groups in total. The molecule has 1 amide bonds. The lowest BCUT2D eigenvalue weighted by Crippen LogP contribution is -2.24. The first-order valence-electron chi connectivity index (χ1n) is 7.46. The smallest absolute Gasteiger partial charge is 0.224 e. The Kier molecular flexibility index (Phi) is 5.25. The van der Waals surface area contributed by atoms with Crippen molar-refractivity contribution in [3.8, 4) is 0 Å². The summed E-state index contributed by atoms with van der Waals surface area (Å²) in [6.45, 7) is 7.10. The lowest BCUT2D eigenvalue weighted by molar-refractivity contribution is -0.120. The minimum atomic E-state index is -0.0204.